The molecule has 0 bridgehead atoms. The minimum absolute atomic E-state index is 0.448. The fraction of sp³-hybridized carbons (Fsp3) is 0.0526. The molecule has 136 valence electrons. The Morgan fingerprint density at radius 2 is 2.04 bits per heavy atom. The lowest BCUT2D eigenvalue weighted by molar-refractivity contribution is 0.382. The molecule has 0 fully saturated rings. The molecule has 1 aromatic carbocycles. The van der Waals surface area contributed by atoms with E-state index in [-0.39, 0.29) is 0 Å². The van der Waals surface area contributed by atoms with E-state index in [1.807, 2.05) is 58.4 Å². The van der Waals surface area contributed by atoms with E-state index in [9.17, 15) is 0 Å². The number of fused-ring (bicyclic) bond motifs is 1. The van der Waals surface area contributed by atoms with E-state index in [0.717, 1.165) is 27.6 Å². The van der Waals surface area contributed by atoms with Gasteiger partial charge in [-0.15, -0.1) is 11.3 Å². The van der Waals surface area contributed by atoms with Crippen LogP contribution >= 0.6 is 22.9 Å². The van der Waals surface area contributed by atoms with Crippen molar-refractivity contribution in [2.75, 3.05) is 0 Å². The maximum absolute atomic E-state index is 6.42. The monoisotopic (exact) mass is 396 g/mol. The maximum atomic E-state index is 6.42. The number of halogens is 1. The number of pyridine rings is 1. The summed E-state index contributed by atoms with van der Waals surface area (Å²) in [5, 5.41) is 4.17. The first-order valence-corrected chi connectivity index (χ1v) is 9.48. The lowest BCUT2D eigenvalue weighted by Crippen LogP contribution is -2.26. The first kappa shape index (κ1) is 17.5. The van der Waals surface area contributed by atoms with E-state index < -0.39 is 0 Å². The van der Waals surface area contributed by atoms with Crippen LogP contribution < -0.4 is 11.6 Å². The first-order chi connectivity index (χ1) is 13.1. The number of hydrazine groups is 1. The van der Waals surface area contributed by atoms with Gasteiger partial charge in [0.25, 0.3) is 0 Å². The van der Waals surface area contributed by atoms with Crippen LogP contribution in [0, 0.1) is 0 Å². The van der Waals surface area contributed by atoms with Gasteiger partial charge < -0.3 is 10.7 Å². The van der Waals surface area contributed by atoms with Crippen LogP contribution in [-0.2, 0) is 6.54 Å². The molecule has 0 radical (unpaired) electrons. The molecule has 4 rings (SSSR count). The number of nitrogens with zero attached hydrogens (tertiary/aromatic N) is 4. The SMILES string of the molecule is N/C(=C\N(N)Cc1ccccn1)c1c(-c2ccc(Cl)cc2)nc2sccn12. The predicted molar refractivity (Wildman–Crippen MR) is 110 cm³/mol. The quantitative estimate of drug-likeness (QED) is 0.396. The van der Waals surface area contributed by atoms with E-state index in [4.69, 9.17) is 28.2 Å². The summed E-state index contributed by atoms with van der Waals surface area (Å²) in [6.45, 7) is 0.448. The number of thiazole rings is 1. The van der Waals surface area contributed by atoms with Gasteiger partial charge in [-0.1, -0.05) is 29.8 Å². The van der Waals surface area contributed by atoms with Crippen molar-refractivity contribution in [3.63, 3.8) is 0 Å². The Morgan fingerprint density at radius 3 is 2.78 bits per heavy atom. The van der Waals surface area contributed by atoms with Crippen molar-refractivity contribution in [2.24, 2.45) is 11.6 Å². The third-order valence-electron chi connectivity index (χ3n) is 4.03. The zero-order valence-electron chi connectivity index (χ0n) is 14.3. The van der Waals surface area contributed by atoms with Crippen LogP contribution in [0.4, 0.5) is 0 Å². The lowest BCUT2D eigenvalue weighted by atomic mass is 10.1. The van der Waals surface area contributed by atoms with E-state index in [1.54, 1.807) is 23.7 Å². The molecule has 8 heteroatoms. The molecule has 0 unspecified atom stereocenters. The van der Waals surface area contributed by atoms with Crippen LogP contribution in [0.1, 0.15) is 11.4 Å². The van der Waals surface area contributed by atoms with Gasteiger partial charge in [0.2, 0.25) is 0 Å². The van der Waals surface area contributed by atoms with E-state index in [1.165, 1.54) is 5.01 Å². The smallest absolute Gasteiger partial charge is 0.194 e. The van der Waals surface area contributed by atoms with Gasteiger partial charge in [-0.05, 0) is 24.3 Å². The van der Waals surface area contributed by atoms with Gasteiger partial charge in [0.05, 0.1) is 29.3 Å². The summed E-state index contributed by atoms with van der Waals surface area (Å²) in [6.07, 6.45) is 5.39. The zero-order chi connectivity index (χ0) is 18.8. The minimum atomic E-state index is 0.448. The molecule has 4 N–H and O–H groups in total. The second-order valence-corrected chi connectivity index (χ2v) is 7.26. The fourth-order valence-electron chi connectivity index (χ4n) is 2.83. The number of imidazole rings is 1. The molecule has 27 heavy (non-hydrogen) atoms. The number of nitrogens with two attached hydrogens (primary N) is 2. The molecule has 0 atom stereocenters. The van der Waals surface area contributed by atoms with E-state index in [0.29, 0.717) is 17.3 Å². The van der Waals surface area contributed by atoms with Crippen LogP contribution in [0.2, 0.25) is 5.02 Å². The molecule has 0 aliphatic carbocycles. The Hall–Kier alpha value is -2.87. The summed E-state index contributed by atoms with van der Waals surface area (Å²) in [5.74, 6) is 6.13. The van der Waals surface area contributed by atoms with E-state index >= 15 is 0 Å². The molecule has 4 aromatic rings. The number of rotatable bonds is 5. The molecule has 3 aromatic heterocycles. The van der Waals surface area contributed by atoms with E-state index in [2.05, 4.69) is 4.98 Å². The first-order valence-electron chi connectivity index (χ1n) is 8.22. The number of aromatic nitrogens is 3. The highest BCUT2D eigenvalue weighted by Crippen LogP contribution is 2.30. The van der Waals surface area contributed by atoms with Gasteiger partial charge >= 0.3 is 0 Å². The van der Waals surface area contributed by atoms with Gasteiger partial charge in [-0.3, -0.25) is 9.38 Å². The van der Waals surface area contributed by atoms with Crippen molar-refractivity contribution < 1.29 is 0 Å². The average Bonchev–Trinajstić information content (AvgIpc) is 3.24. The van der Waals surface area contributed by atoms with Crippen molar-refractivity contribution >= 4 is 33.6 Å². The topological polar surface area (TPSA) is 85.5 Å². The fourth-order valence-corrected chi connectivity index (χ4v) is 3.67. The second kappa shape index (κ2) is 7.40. The van der Waals surface area contributed by atoms with Crippen molar-refractivity contribution in [2.45, 2.75) is 6.54 Å². The van der Waals surface area contributed by atoms with Crippen LogP contribution in [0.15, 0.2) is 66.4 Å². The Labute approximate surface area is 165 Å². The van der Waals surface area contributed by atoms with Gasteiger partial charge in [0.15, 0.2) is 4.96 Å². The van der Waals surface area contributed by atoms with Crippen LogP contribution in [0.5, 0.6) is 0 Å². The maximum Gasteiger partial charge on any atom is 0.194 e. The Balaban J connectivity index is 1.72. The largest absolute Gasteiger partial charge is 0.396 e. The molecule has 0 spiro atoms. The normalized spacial score (nSPS) is 11.9. The second-order valence-electron chi connectivity index (χ2n) is 5.95. The molecule has 6 nitrogen and oxygen atoms in total. The highest BCUT2D eigenvalue weighted by molar-refractivity contribution is 7.15. The van der Waals surface area contributed by atoms with Gasteiger partial charge in [0.1, 0.15) is 0 Å². The predicted octanol–water partition coefficient (Wildman–Crippen LogP) is 3.74. The zero-order valence-corrected chi connectivity index (χ0v) is 15.9. The van der Waals surface area contributed by atoms with Gasteiger partial charge in [-0.2, -0.15) is 0 Å². The summed E-state index contributed by atoms with van der Waals surface area (Å²) in [7, 11) is 0. The Kier molecular flexibility index (Phi) is 4.81. The minimum Gasteiger partial charge on any atom is -0.396 e. The number of hydrogen-bond acceptors (Lipinski definition) is 6. The number of benzene rings is 1. The Morgan fingerprint density at radius 1 is 1.22 bits per heavy atom. The summed E-state index contributed by atoms with van der Waals surface area (Å²) in [6, 6.07) is 13.2. The summed E-state index contributed by atoms with van der Waals surface area (Å²) in [4.78, 5) is 9.88. The highest BCUT2D eigenvalue weighted by atomic mass is 35.5. The van der Waals surface area contributed by atoms with Gasteiger partial charge in [0, 0.05) is 34.6 Å². The van der Waals surface area contributed by atoms with Crippen molar-refractivity contribution in [3.8, 4) is 11.3 Å². The van der Waals surface area contributed by atoms with Crippen molar-refractivity contribution in [1.29, 1.82) is 0 Å². The van der Waals surface area contributed by atoms with Gasteiger partial charge in [-0.25, -0.2) is 10.8 Å². The van der Waals surface area contributed by atoms with Crippen LogP contribution in [0.3, 0.4) is 0 Å². The summed E-state index contributed by atoms with van der Waals surface area (Å²) >= 11 is 7.56. The molecule has 0 saturated heterocycles. The standard InChI is InChI=1S/C19H17ClN6S/c20-14-6-4-13(5-7-14)17-18(26-9-10-27-19(26)24-17)16(21)12-25(22)11-15-3-1-2-8-23-15/h1-10,12H,11,21-22H2/b16-12-. The molecule has 0 amide bonds. The highest BCUT2D eigenvalue weighted by Gasteiger charge is 2.17. The van der Waals surface area contributed by atoms with Crippen LogP contribution in [-0.4, -0.2) is 19.4 Å². The molecular weight excluding hydrogens is 380 g/mol. The van der Waals surface area contributed by atoms with Crippen LogP contribution in [0.25, 0.3) is 21.9 Å². The van der Waals surface area contributed by atoms with Crippen molar-refractivity contribution in [1.82, 2.24) is 19.4 Å². The third-order valence-corrected chi connectivity index (χ3v) is 5.04. The molecule has 3 heterocycles. The summed E-state index contributed by atoms with van der Waals surface area (Å²) in [5.41, 5.74) is 10.3. The molecule has 0 aliphatic rings. The summed E-state index contributed by atoms with van der Waals surface area (Å²) < 4.78 is 1.97. The Bertz CT molecular complexity index is 1080. The average molecular weight is 397 g/mol. The molecular formula is C19H17ClN6S. The van der Waals surface area contributed by atoms with Crippen molar-refractivity contribution in [3.05, 3.63) is 82.8 Å². The third kappa shape index (κ3) is 3.66. The number of hydrogen-bond donors (Lipinski definition) is 2. The molecule has 0 aliphatic heterocycles. The lowest BCUT2D eigenvalue weighted by Gasteiger charge is -2.15. The molecule has 0 saturated carbocycles.